The number of ether oxygens (including phenoxy) is 1. The van der Waals surface area contributed by atoms with E-state index in [0.29, 0.717) is 0 Å². The maximum atomic E-state index is 6.02. The van der Waals surface area contributed by atoms with Crippen molar-refractivity contribution in [2.45, 2.75) is 53.2 Å². The van der Waals surface area contributed by atoms with Crippen LogP contribution in [0.25, 0.3) is 0 Å². The summed E-state index contributed by atoms with van der Waals surface area (Å²) in [7, 11) is 0. The summed E-state index contributed by atoms with van der Waals surface area (Å²) in [6, 6.07) is 10.4. The van der Waals surface area contributed by atoms with Gasteiger partial charge in [0.1, 0.15) is 0 Å². The normalized spacial score (nSPS) is 14.4. The summed E-state index contributed by atoms with van der Waals surface area (Å²) < 4.78 is 6.02. The second-order valence-electron chi connectivity index (χ2n) is 7.13. The molecule has 0 bridgehead atoms. The molecule has 0 amide bonds. The second kappa shape index (κ2) is 6.53. The van der Waals surface area contributed by atoms with Crippen molar-refractivity contribution in [3.8, 4) is 0 Å². The highest BCUT2D eigenvalue weighted by Gasteiger charge is 2.22. The Bertz CT molecular complexity index is 365. The Morgan fingerprint density at radius 3 is 2.16 bits per heavy atom. The van der Waals surface area contributed by atoms with Gasteiger partial charge in [-0.05, 0) is 33.3 Å². The van der Waals surface area contributed by atoms with E-state index in [1.54, 1.807) is 0 Å². The first-order chi connectivity index (χ1) is 8.70. The predicted molar refractivity (Wildman–Crippen MR) is 82.3 cm³/mol. The molecule has 1 aromatic carbocycles. The van der Waals surface area contributed by atoms with E-state index in [1.165, 1.54) is 5.56 Å². The van der Waals surface area contributed by atoms with Crippen molar-refractivity contribution in [3.05, 3.63) is 35.9 Å². The minimum Gasteiger partial charge on any atom is -0.373 e. The van der Waals surface area contributed by atoms with Gasteiger partial charge in [0.05, 0.1) is 12.7 Å². The Balaban J connectivity index is 2.42. The van der Waals surface area contributed by atoms with E-state index in [9.17, 15) is 0 Å². The number of hydrogen-bond donors (Lipinski definition) is 1. The van der Waals surface area contributed by atoms with Gasteiger partial charge < -0.3 is 10.1 Å². The summed E-state index contributed by atoms with van der Waals surface area (Å²) in [6.07, 6.45) is 0.148. The van der Waals surface area contributed by atoms with Crippen molar-refractivity contribution in [2.75, 3.05) is 13.2 Å². The second-order valence-corrected chi connectivity index (χ2v) is 7.13. The fourth-order valence-corrected chi connectivity index (χ4v) is 1.73. The maximum absolute atomic E-state index is 6.02. The summed E-state index contributed by atoms with van der Waals surface area (Å²) >= 11 is 0. The highest BCUT2D eigenvalue weighted by Crippen LogP contribution is 2.22. The van der Waals surface area contributed by atoms with Crippen molar-refractivity contribution >= 4 is 0 Å². The topological polar surface area (TPSA) is 21.3 Å². The summed E-state index contributed by atoms with van der Waals surface area (Å²) in [6.45, 7) is 14.9. The van der Waals surface area contributed by atoms with Gasteiger partial charge in [0.2, 0.25) is 0 Å². The first-order valence-corrected chi connectivity index (χ1v) is 7.11. The third-order valence-corrected chi connectivity index (χ3v) is 3.09. The van der Waals surface area contributed by atoms with E-state index >= 15 is 0 Å². The summed E-state index contributed by atoms with van der Waals surface area (Å²) in [5, 5.41) is 3.55. The molecule has 1 aromatic rings. The number of nitrogens with one attached hydrogen (secondary N) is 1. The van der Waals surface area contributed by atoms with Crippen molar-refractivity contribution in [1.29, 1.82) is 0 Å². The van der Waals surface area contributed by atoms with Crippen LogP contribution in [0.1, 0.15) is 53.2 Å². The fourth-order valence-electron chi connectivity index (χ4n) is 1.73. The molecule has 1 N–H and O–H groups in total. The molecule has 0 aromatic heterocycles. The number of rotatable bonds is 6. The molecule has 19 heavy (non-hydrogen) atoms. The van der Waals surface area contributed by atoms with E-state index in [-0.39, 0.29) is 17.1 Å². The molecular formula is C17H29NO. The van der Waals surface area contributed by atoms with Gasteiger partial charge in [0.15, 0.2) is 0 Å². The van der Waals surface area contributed by atoms with Gasteiger partial charge in [-0.1, -0.05) is 44.2 Å². The molecule has 0 radical (unpaired) electrons. The molecule has 2 heteroatoms. The van der Waals surface area contributed by atoms with Crippen LogP contribution in [-0.2, 0) is 4.74 Å². The third kappa shape index (κ3) is 6.74. The molecule has 108 valence electrons. The average Bonchev–Trinajstić information content (AvgIpc) is 2.34. The van der Waals surface area contributed by atoms with E-state index in [1.807, 2.05) is 6.07 Å². The summed E-state index contributed by atoms with van der Waals surface area (Å²) in [5.41, 5.74) is 1.53. The average molecular weight is 263 g/mol. The lowest BCUT2D eigenvalue weighted by Crippen LogP contribution is -2.43. The van der Waals surface area contributed by atoms with Gasteiger partial charge in [0, 0.05) is 17.5 Å². The van der Waals surface area contributed by atoms with Crippen LogP contribution in [-0.4, -0.2) is 18.7 Å². The van der Waals surface area contributed by atoms with Gasteiger partial charge in [-0.2, -0.15) is 0 Å². The van der Waals surface area contributed by atoms with Gasteiger partial charge in [0.25, 0.3) is 0 Å². The van der Waals surface area contributed by atoms with Gasteiger partial charge in [-0.25, -0.2) is 0 Å². The van der Waals surface area contributed by atoms with Crippen LogP contribution in [0.5, 0.6) is 0 Å². The van der Waals surface area contributed by atoms with Crippen molar-refractivity contribution in [2.24, 2.45) is 5.41 Å². The molecule has 1 rings (SSSR count). The SMILES string of the molecule is CC(OCC(C)(C)CNC(C)(C)C)c1ccccc1. The Morgan fingerprint density at radius 2 is 1.63 bits per heavy atom. The smallest absolute Gasteiger partial charge is 0.0797 e. The van der Waals surface area contributed by atoms with Crippen LogP contribution in [0, 0.1) is 5.41 Å². The van der Waals surface area contributed by atoms with Crippen molar-refractivity contribution in [1.82, 2.24) is 5.32 Å². The molecule has 2 nitrogen and oxygen atoms in total. The van der Waals surface area contributed by atoms with Crippen LogP contribution in [0.3, 0.4) is 0 Å². The van der Waals surface area contributed by atoms with E-state index in [0.717, 1.165) is 13.2 Å². The molecule has 0 aliphatic heterocycles. The number of benzene rings is 1. The standard InChI is InChI=1S/C17H29NO/c1-14(15-10-8-7-9-11-15)19-13-17(5,6)12-18-16(2,3)4/h7-11,14,18H,12-13H2,1-6H3. The van der Waals surface area contributed by atoms with Crippen LogP contribution in [0.15, 0.2) is 30.3 Å². The van der Waals surface area contributed by atoms with Crippen molar-refractivity contribution < 1.29 is 4.74 Å². The minimum atomic E-state index is 0.135. The molecule has 0 heterocycles. The van der Waals surface area contributed by atoms with Crippen molar-refractivity contribution in [3.63, 3.8) is 0 Å². The Labute approximate surface area is 118 Å². The molecule has 0 spiro atoms. The quantitative estimate of drug-likeness (QED) is 0.831. The largest absolute Gasteiger partial charge is 0.373 e. The van der Waals surface area contributed by atoms with Gasteiger partial charge in [-0.15, -0.1) is 0 Å². The van der Waals surface area contributed by atoms with Crippen LogP contribution >= 0.6 is 0 Å². The highest BCUT2D eigenvalue weighted by molar-refractivity contribution is 5.16. The zero-order valence-corrected chi connectivity index (χ0v) is 13.3. The maximum Gasteiger partial charge on any atom is 0.0797 e. The van der Waals surface area contributed by atoms with E-state index in [4.69, 9.17) is 4.74 Å². The molecule has 0 saturated carbocycles. The van der Waals surface area contributed by atoms with Crippen LogP contribution in [0.2, 0.25) is 0 Å². The van der Waals surface area contributed by atoms with Crippen LogP contribution < -0.4 is 5.32 Å². The molecule has 1 unspecified atom stereocenters. The fraction of sp³-hybridized carbons (Fsp3) is 0.647. The number of hydrogen-bond acceptors (Lipinski definition) is 2. The molecule has 0 aliphatic rings. The lowest BCUT2D eigenvalue weighted by atomic mass is 9.93. The first kappa shape index (κ1) is 16.2. The first-order valence-electron chi connectivity index (χ1n) is 7.11. The third-order valence-electron chi connectivity index (χ3n) is 3.09. The highest BCUT2D eigenvalue weighted by atomic mass is 16.5. The molecule has 0 aliphatic carbocycles. The minimum absolute atomic E-state index is 0.135. The lowest BCUT2D eigenvalue weighted by Gasteiger charge is -2.31. The summed E-state index contributed by atoms with van der Waals surface area (Å²) in [4.78, 5) is 0. The van der Waals surface area contributed by atoms with Crippen LogP contribution in [0.4, 0.5) is 0 Å². The Morgan fingerprint density at radius 1 is 1.05 bits per heavy atom. The van der Waals surface area contributed by atoms with Gasteiger partial charge >= 0.3 is 0 Å². The van der Waals surface area contributed by atoms with E-state index < -0.39 is 0 Å². The predicted octanol–water partition coefficient (Wildman–Crippen LogP) is 4.18. The Hall–Kier alpha value is -0.860. The zero-order valence-electron chi connectivity index (χ0n) is 13.3. The Kier molecular flexibility index (Phi) is 5.57. The van der Waals surface area contributed by atoms with Gasteiger partial charge in [-0.3, -0.25) is 0 Å². The monoisotopic (exact) mass is 263 g/mol. The molecule has 1 atom stereocenters. The molecular weight excluding hydrogens is 234 g/mol. The lowest BCUT2D eigenvalue weighted by molar-refractivity contribution is 0.00943. The summed E-state index contributed by atoms with van der Waals surface area (Å²) in [5.74, 6) is 0. The molecule has 0 saturated heterocycles. The van der Waals surface area contributed by atoms with E-state index in [2.05, 4.69) is 71.1 Å². The molecule has 0 fully saturated rings. The zero-order chi connectivity index (χ0) is 14.5.